The summed E-state index contributed by atoms with van der Waals surface area (Å²) in [5.41, 5.74) is 0.943. The predicted octanol–water partition coefficient (Wildman–Crippen LogP) is 3.31. The summed E-state index contributed by atoms with van der Waals surface area (Å²) in [5, 5.41) is 5.97. The topological polar surface area (TPSA) is 106 Å². The molecule has 2 aliphatic rings. The summed E-state index contributed by atoms with van der Waals surface area (Å²) in [6.45, 7) is 9.97. The van der Waals surface area contributed by atoms with Gasteiger partial charge in [-0.2, -0.15) is 0 Å². The van der Waals surface area contributed by atoms with Gasteiger partial charge in [0.15, 0.2) is 5.57 Å². The molecule has 1 amide bonds. The first-order chi connectivity index (χ1) is 14.9. The van der Waals surface area contributed by atoms with Crippen LogP contribution in [-0.2, 0) is 23.8 Å². The molecule has 0 aromatic heterocycles. The molecule has 2 N–H and O–H groups in total. The zero-order chi connectivity index (χ0) is 23.5. The Hall–Kier alpha value is -3.23. The third-order valence-electron chi connectivity index (χ3n) is 4.95. The second-order valence-electron chi connectivity index (χ2n) is 9.31. The molecule has 32 heavy (non-hydrogen) atoms. The Bertz CT molecular complexity index is 889. The van der Waals surface area contributed by atoms with E-state index in [1.165, 1.54) is 20.0 Å². The second kappa shape index (κ2) is 9.10. The van der Waals surface area contributed by atoms with Gasteiger partial charge in [0, 0.05) is 39.2 Å². The summed E-state index contributed by atoms with van der Waals surface area (Å²) in [6, 6.07) is 7.65. The van der Waals surface area contributed by atoms with Crippen LogP contribution in [0.2, 0.25) is 0 Å². The second-order valence-corrected chi connectivity index (χ2v) is 9.31. The molecule has 2 fully saturated rings. The number of rotatable bonds is 4. The van der Waals surface area contributed by atoms with Crippen molar-refractivity contribution in [3.8, 4) is 0 Å². The van der Waals surface area contributed by atoms with Crippen molar-refractivity contribution in [1.29, 1.82) is 0 Å². The maximum absolute atomic E-state index is 12.2. The van der Waals surface area contributed by atoms with Crippen LogP contribution in [0.1, 0.15) is 47.5 Å². The number of para-hydroxylation sites is 2. The third-order valence-corrected chi connectivity index (χ3v) is 4.95. The van der Waals surface area contributed by atoms with Gasteiger partial charge < -0.3 is 29.7 Å². The number of nitrogens with one attached hydrogen (secondary N) is 2. The van der Waals surface area contributed by atoms with Crippen molar-refractivity contribution < 1.29 is 28.6 Å². The van der Waals surface area contributed by atoms with Gasteiger partial charge in [-0.3, -0.25) is 0 Å². The van der Waals surface area contributed by atoms with Gasteiger partial charge in [0.25, 0.3) is 5.79 Å². The molecule has 2 saturated heterocycles. The predicted molar refractivity (Wildman–Crippen MR) is 119 cm³/mol. The van der Waals surface area contributed by atoms with Crippen molar-refractivity contribution >= 4 is 29.4 Å². The molecule has 2 aliphatic heterocycles. The number of cyclic esters (lactones) is 2. The molecule has 174 valence electrons. The number of carbonyl (C=O) groups is 3. The fraction of sp³-hybridized carbons (Fsp3) is 0.522. The number of esters is 2. The highest BCUT2D eigenvalue weighted by atomic mass is 16.7. The largest absolute Gasteiger partial charge is 0.444 e. The highest BCUT2D eigenvalue weighted by Crippen LogP contribution is 2.29. The normalized spacial score (nSPS) is 19.0. The van der Waals surface area contributed by atoms with Crippen LogP contribution in [0.15, 0.2) is 36.0 Å². The molecular formula is C23H31N3O6. The van der Waals surface area contributed by atoms with Crippen LogP contribution in [0.5, 0.6) is 0 Å². The van der Waals surface area contributed by atoms with Gasteiger partial charge in [0.2, 0.25) is 0 Å². The maximum atomic E-state index is 12.2. The molecule has 0 aliphatic carbocycles. The fourth-order valence-electron chi connectivity index (χ4n) is 3.54. The molecule has 3 rings (SSSR count). The molecule has 1 aromatic rings. The number of carbonyl (C=O) groups excluding carboxylic acids is 3. The van der Waals surface area contributed by atoms with Crippen LogP contribution in [-0.4, -0.2) is 48.6 Å². The molecule has 2 heterocycles. The number of alkyl carbamates (subject to hydrolysis) is 1. The number of hydrogen-bond acceptors (Lipinski definition) is 8. The molecule has 0 bridgehead atoms. The number of ether oxygens (including phenoxy) is 3. The average molecular weight is 446 g/mol. The maximum Gasteiger partial charge on any atom is 0.407 e. The Kier molecular flexibility index (Phi) is 6.66. The van der Waals surface area contributed by atoms with Gasteiger partial charge in [0.1, 0.15) is 5.60 Å². The van der Waals surface area contributed by atoms with E-state index < -0.39 is 29.4 Å². The van der Waals surface area contributed by atoms with Gasteiger partial charge >= 0.3 is 18.0 Å². The van der Waals surface area contributed by atoms with E-state index in [4.69, 9.17) is 14.2 Å². The fourth-order valence-corrected chi connectivity index (χ4v) is 3.54. The van der Waals surface area contributed by atoms with E-state index in [0.29, 0.717) is 0 Å². The summed E-state index contributed by atoms with van der Waals surface area (Å²) in [7, 11) is 0. The van der Waals surface area contributed by atoms with Gasteiger partial charge in [-0.25, -0.2) is 14.4 Å². The van der Waals surface area contributed by atoms with Crippen LogP contribution in [0.25, 0.3) is 0 Å². The van der Waals surface area contributed by atoms with Crippen LogP contribution in [0.4, 0.5) is 16.2 Å². The summed E-state index contributed by atoms with van der Waals surface area (Å²) in [6.07, 6.45) is 2.44. The van der Waals surface area contributed by atoms with E-state index in [0.717, 1.165) is 37.3 Å². The average Bonchev–Trinajstić information content (AvgIpc) is 2.66. The first-order valence-electron chi connectivity index (χ1n) is 10.7. The van der Waals surface area contributed by atoms with Crippen molar-refractivity contribution in [1.82, 2.24) is 5.32 Å². The van der Waals surface area contributed by atoms with Crippen LogP contribution < -0.4 is 15.5 Å². The minimum Gasteiger partial charge on any atom is -0.444 e. The number of benzene rings is 1. The highest BCUT2D eigenvalue weighted by molar-refractivity contribution is 6.15. The van der Waals surface area contributed by atoms with Crippen molar-refractivity contribution in [2.24, 2.45) is 0 Å². The Morgan fingerprint density at radius 3 is 2.31 bits per heavy atom. The smallest absolute Gasteiger partial charge is 0.407 e. The lowest BCUT2D eigenvalue weighted by molar-refractivity contribution is -0.222. The number of hydrogen-bond donors (Lipinski definition) is 2. The van der Waals surface area contributed by atoms with Gasteiger partial charge in [-0.15, -0.1) is 0 Å². The van der Waals surface area contributed by atoms with Gasteiger partial charge in [0.05, 0.1) is 11.4 Å². The highest BCUT2D eigenvalue weighted by Gasteiger charge is 2.39. The van der Waals surface area contributed by atoms with E-state index in [1.807, 2.05) is 45.0 Å². The van der Waals surface area contributed by atoms with E-state index in [-0.39, 0.29) is 11.6 Å². The standard InChI is InChI=1S/C23H31N3O6/c1-22(2,3)32-21(29)25-15-10-12-26(13-11-15)18-9-7-6-8-17(18)24-14-16-19(27)30-23(4,5)31-20(16)28/h6-9,14-15,24H,10-13H2,1-5H3,(H,25,29). The van der Waals surface area contributed by atoms with Gasteiger partial charge in [-0.05, 0) is 45.7 Å². The van der Waals surface area contributed by atoms with Crippen molar-refractivity contribution in [3.05, 3.63) is 36.0 Å². The van der Waals surface area contributed by atoms with Crippen molar-refractivity contribution in [2.75, 3.05) is 23.3 Å². The quantitative estimate of drug-likeness (QED) is 0.413. The molecular weight excluding hydrogens is 414 g/mol. The van der Waals surface area contributed by atoms with E-state index in [2.05, 4.69) is 15.5 Å². The zero-order valence-electron chi connectivity index (χ0n) is 19.2. The Balaban J connectivity index is 1.62. The van der Waals surface area contributed by atoms with E-state index in [9.17, 15) is 14.4 Å². The number of anilines is 2. The molecule has 0 saturated carbocycles. The molecule has 9 heteroatoms. The Morgan fingerprint density at radius 1 is 1.12 bits per heavy atom. The Labute approximate surface area is 188 Å². The number of amides is 1. The molecule has 0 atom stereocenters. The number of nitrogens with zero attached hydrogens (tertiary/aromatic N) is 1. The van der Waals surface area contributed by atoms with Gasteiger partial charge in [-0.1, -0.05) is 12.1 Å². The van der Waals surface area contributed by atoms with Crippen molar-refractivity contribution in [3.63, 3.8) is 0 Å². The summed E-state index contributed by atoms with van der Waals surface area (Å²) >= 11 is 0. The van der Waals surface area contributed by atoms with E-state index >= 15 is 0 Å². The zero-order valence-corrected chi connectivity index (χ0v) is 19.2. The van der Waals surface area contributed by atoms with E-state index in [1.54, 1.807) is 0 Å². The SMILES string of the molecule is CC(C)(C)OC(=O)NC1CCN(c2ccccc2NC=C2C(=O)OC(C)(C)OC2=O)CC1. The van der Waals surface area contributed by atoms with Crippen LogP contribution in [0, 0.1) is 0 Å². The minimum absolute atomic E-state index is 0.0403. The van der Waals surface area contributed by atoms with Crippen molar-refractivity contribution in [2.45, 2.75) is 64.9 Å². The summed E-state index contributed by atoms with van der Waals surface area (Å²) in [5.74, 6) is -2.74. The molecule has 0 spiro atoms. The molecule has 9 nitrogen and oxygen atoms in total. The van der Waals surface area contributed by atoms with Crippen LogP contribution in [0.3, 0.4) is 0 Å². The first kappa shape index (κ1) is 23.4. The van der Waals surface area contributed by atoms with Crippen LogP contribution >= 0.6 is 0 Å². The lowest BCUT2D eigenvalue weighted by Crippen LogP contribution is -2.46. The first-order valence-corrected chi connectivity index (χ1v) is 10.7. The lowest BCUT2D eigenvalue weighted by atomic mass is 10.0. The minimum atomic E-state index is -1.28. The number of piperidine rings is 1. The monoisotopic (exact) mass is 445 g/mol. The molecule has 1 aromatic carbocycles. The molecule has 0 unspecified atom stereocenters. The summed E-state index contributed by atoms with van der Waals surface area (Å²) < 4.78 is 15.6. The Morgan fingerprint density at radius 2 is 1.72 bits per heavy atom. The molecule has 0 radical (unpaired) electrons. The third kappa shape index (κ3) is 6.15. The lowest BCUT2D eigenvalue weighted by Gasteiger charge is -2.35. The summed E-state index contributed by atoms with van der Waals surface area (Å²) in [4.78, 5) is 38.5.